The number of anilines is 1. The van der Waals surface area contributed by atoms with E-state index in [1.165, 1.54) is 12.3 Å². The third-order valence-electron chi connectivity index (χ3n) is 3.20. The predicted octanol–water partition coefficient (Wildman–Crippen LogP) is 1.06. The van der Waals surface area contributed by atoms with Crippen LogP contribution in [0.15, 0.2) is 23.2 Å². The minimum atomic E-state index is -3.56. The Morgan fingerprint density at radius 2 is 2.10 bits per heavy atom. The van der Waals surface area contributed by atoms with Gasteiger partial charge < -0.3 is 10.6 Å². The number of hydrogen-bond donors (Lipinski definition) is 2. The molecule has 0 aromatic carbocycles. The molecule has 0 unspecified atom stereocenters. The second-order valence-electron chi connectivity index (χ2n) is 5.07. The van der Waals surface area contributed by atoms with E-state index in [4.69, 9.17) is 5.73 Å². The van der Waals surface area contributed by atoms with Crippen LogP contribution in [0.5, 0.6) is 0 Å². The molecule has 1 rings (SSSR count). The molecule has 0 spiro atoms. The Hall–Kier alpha value is -1.18. The zero-order chi connectivity index (χ0) is 15.2. The number of nitrogens with zero attached hydrogens (tertiary/aromatic N) is 2. The predicted molar refractivity (Wildman–Crippen MR) is 80.8 cm³/mol. The molecule has 1 heterocycles. The lowest BCUT2D eigenvalue weighted by atomic mass is 10.2. The van der Waals surface area contributed by atoms with Gasteiger partial charge in [-0.3, -0.25) is 0 Å². The number of pyridine rings is 1. The Morgan fingerprint density at radius 3 is 2.70 bits per heavy atom. The number of unbranched alkanes of at least 4 members (excludes halogenated alkanes) is 1. The number of nitrogens with one attached hydrogen (secondary N) is 1. The van der Waals surface area contributed by atoms with Gasteiger partial charge in [0, 0.05) is 18.8 Å². The van der Waals surface area contributed by atoms with Gasteiger partial charge in [-0.1, -0.05) is 0 Å². The van der Waals surface area contributed by atoms with Crippen molar-refractivity contribution in [2.75, 3.05) is 25.9 Å². The van der Waals surface area contributed by atoms with Gasteiger partial charge in [-0.15, -0.1) is 0 Å². The van der Waals surface area contributed by atoms with Crippen molar-refractivity contribution in [1.82, 2.24) is 14.6 Å². The van der Waals surface area contributed by atoms with Crippen molar-refractivity contribution in [3.63, 3.8) is 0 Å². The molecule has 0 radical (unpaired) electrons. The first-order valence-electron chi connectivity index (χ1n) is 6.75. The normalized spacial score (nSPS) is 12.2. The van der Waals surface area contributed by atoms with E-state index < -0.39 is 10.0 Å². The van der Waals surface area contributed by atoms with Gasteiger partial charge in [-0.05, 0) is 52.4 Å². The van der Waals surface area contributed by atoms with E-state index in [0.29, 0.717) is 12.6 Å². The maximum atomic E-state index is 12.0. The van der Waals surface area contributed by atoms with Crippen LogP contribution in [0, 0.1) is 0 Å². The van der Waals surface area contributed by atoms with E-state index in [9.17, 15) is 8.42 Å². The molecular formula is C13H24N4O2S. The van der Waals surface area contributed by atoms with Gasteiger partial charge in [0.1, 0.15) is 10.7 Å². The average Bonchev–Trinajstić information content (AvgIpc) is 2.38. The fraction of sp³-hybridized carbons (Fsp3) is 0.615. The quantitative estimate of drug-likeness (QED) is 0.701. The zero-order valence-corrected chi connectivity index (χ0v) is 13.2. The summed E-state index contributed by atoms with van der Waals surface area (Å²) in [7, 11) is -1.50. The van der Waals surface area contributed by atoms with Crippen LogP contribution in [-0.2, 0) is 10.0 Å². The zero-order valence-electron chi connectivity index (χ0n) is 12.3. The molecule has 0 amide bonds. The van der Waals surface area contributed by atoms with Crippen molar-refractivity contribution >= 4 is 15.8 Å². The Labute approximate surface area is 121 Å². The molecule has 114 valence electrons. The lowest BCUT2D eigenvalue weighted by molar-refractivity contribution is 0.268. The number of nitrogen functional groups attached to an aromatic ring is 1. The maximum Gasteiger partial charge on any atom is 0.244 e. The topological polar surface area (TPSA) is 88.3 Å². The standard InChI is InChI=1S/C13H24N4O2S/c1-11(2)17(3)10-5-4-9-16-20(18,19)12-7-6-8-15-13(12)14/h6-8,11,16H,4-5,9-10H2,1-3H3,(H2,14,15). The van der Waals surface area contributed by atoms with Gasteiger partial charge in [0.2, 0.25) is 10.0 Å². The van der Waals surface area contributed by atoms with Gasteiger partial charge in [-0.2, -0.15) is 0 Å². The second kappa shape index (κ2) is 7.56. The lowest BCUT2D eigenvalue weighted by Gasteiger charge is -2.20. The van der Waals surface area contributed by atoms with Crippen LogP contribution >= 0.6 is 0 Å². The molecule has 0 saturated heterocycles. The molecule has 3 N–H and O–H groups in total. The van der Waals surface area contributed by atoms with Gasteiger partial charge in [0.15, 0.2) is 0 Å². The highest BCUT2D eigenvalue weighted by atomic mass is 32.2. The van der Waals surface area contributed by atoms with Crippen LogP contribution in [0.2, 0.25) is 0 Å². The first-order valence-corrected chi connectivity index (χ1v) is 8.23. The smallest absolute Gasteiger partial charge is 0.244 e. The Kier molecular flexibility index (Phi) is 6.38. The van der Waals surface area contributed by atoms with E-state index in [0.717, 1.165) is 19.4 Å². The minimum absolute atomic E-state index is 0.0274. The van der Waals surface area contributed by atoms with Crippen LogP contribution in [-0.4, -0.2) is 44.5 Å². The van der Waals surface area contributed by atoms with Crippen molar-refractivity contribution < 1.29 is 8.42 Å². The van der Waals surface area contributed by atoms with Crippen molar-refractivity contribution in [1.29, 1.82) is 0 Å². The third-order valence-corrected chi connectivity index (χ3v) is 4.71. The summed E-state index contributed by atoms with van der Waals surface area (Å²) in [5, 5.41) is 0. The van der Waals surface area contributed by atoms with Crippen LogP contribution in [0.25, 0.3) is 0 Å². The first-order chi connectivity index (χ1) is 9.34. The summed E-state index contributed by atoms with van der Waals surface area (Å²) < 4.78 is 26.6. The largest absolute Gasteiger partial charge is 0.383 e. The summed E-state index contributed by atoms with van der Waals surface area (Å²) in [5.74, 6) is 0.0274. The third kappa shape index (κ3) is 5.07. The Morgan fingerprint density at radius 1 is 1.40 bits per heavy atom. The molecule has 0 saturated carbocycles. The van der Waals surface area contributed by atoms with E-state index >= 15 is 0 Å². The van der Waals surface area contributed by atoms with E-state index in [2.05, 4.69) is 35.5 Å². The molecular weight excluding hydrogens is 276 g/mol. The first kappa shape index (κ1) is 16.9. The molecule has 7 heteroatoms. The molecule has 0 aliphatic carbocycles. The second-order valence-corrected chi connectivity index (χ2v) is 6.80. The fourth-order valence-corrected chi connectivity index (χ4v) is 2.81. The molecule has 0 bridgehead atoms. The summed E-state index contributed by atoms with van der Waals surface area (Å²) in [6.45, 7) is 5.62. The van der Waals surface area contributed by atoms with Gasteiger partial charge in [-0.25, -0.2) is 18.1 Å². The van der Waals surface area contributed by atoms with Gasteiger partial charge in [0.25, 0.3) is 0 Å². The molecule has 6 nitrogen and oxygen atoms in total. The van der Waals surface area contributed by atoms with Crippen LogP contribution in [0.1, 0.15) is 26.7 Å². The van der Waals surface area contributed by atoms with Crippen LogP contribution in [0.3, 0.4) is 0 Å². The van der Waals surface area contributed by atoms with Crippen molar-refractivity contribution in [3.05, 3.63) is 18.3 Å². The number of hydrogen-bond acceptors (Lipinski definition) is 5. The monoisotopic (exact) mass is 300 g/mol. The van der Waals surface area contributed by atoms with Crippen LogP contribution < -0.4 is 10.5 Å². The number of sulfonamides is 1. The highest BCUT2D eigenvalue weighted by molar-refractivity contribution is 7.89. The number of aromatic nitrogens is 1. The summed E-state index contributed by atoms with van der Waals surface area (Å²) >= 11 is 0. The van der Waals surface area contributed by atoms with Gasteiger partial charge in [0.05, 0.1) is 0 Å². The summed E-state index contributed by atoms with van der Waals surface area (Å²) in [6, 6.07) is 3.52. The Balaban J connectivity index is 2.40. The van der Waals surface area contributed by atoms with Crippen molar-refractivity contribution in [2.24, 2.45) is 0 Å². The fourth-order valence-electron chi connectivity index (χ4n) is 1.66. The molecule has 1 aromatic rings. The molecule has 0 aliphatic rings. The van der Waals surface area contributed by atoms with E-state index in [-0.39, 0.29) is 10.7 Å². The van der Waals surface area contributed by atoms with E-state index in [1.54, 1.807) is 6.07 Å². The van der Waals surface area contributed by atoms with E-state index in [1.807, 2.05) is 0 Å². The average molecular weight is 300 g/mol. The lowest BCUT2D eigenvalue weighted by Crippen LogP contribution is -2.29. The summed E-state index contributed by atoms with van der Waals surface area (Å²) in [6.07, 6.45) is 3.20. The maximum absolute atomic E-state index is 12.0. The highest BCUT2D eigenvalue weighted by Gasteiger charge is 2.16. The summed E-state index contributed by atoms with van der Waals surface area (Å²) in [4.78, 5) is 6.06. The Bertz CT molecular complexity index is 517. The van der Waals surface area contributed by atoms with Crippen molar-refractivity contribution in [3.8, 4) is 0 Å². The summed E-state index contributed by atoms with van der Waals surface area (Å²) in [5.41, 5.74) is 5.57. The van der Waals surface area contributed by atoms with Crippen molar-refractivity contribution in [2.45, 2.75) is 37.6 Å². The number of nitrogens with two attached hydrogens (primary N) is 1. The van der Waals surface area contributed by atoms with Crippen LogP contribution in [0.4, 0.5) is 5.82 Å². The molecule has 0 fully saturated rings. The molecule has 0 aliphatic heterocycles. The van der Waals surface area contributed by atoms with Gasteiger partial charge >= 0.3 is 0 Å². The number of rotatable bonds is 8. The molecule has 1 aromatic heterocycles. The molecule has 20 heavy (non-hydrogen) atoms. The minimum Gasteiger partial charge on any atom is -0.383 e. The highest BCUT2D eigenvalue weighted by Crippen LogP contribution is 2.13. The SMILES string of the molecule is CC(C)N(C)CCCCNS(=O)(=O)c1cccnc1N. The molecule has 0 atom stereocenters.